The number of hydrogen-bond acceptors (Lipinski definition) is 4. The molecule has 7 nitrogen and oxygen atoms in total. The predicted molar refractivity (Wildman–Crippen MR) is 129 cm³/mol. The second kappa shape index (κ2) is 9.58. The van der Waals surface area contributed by atoms with Crippen molar-refractivity contribution in [2.24, 2.45) is 5.10 Å². The zero-order valence-corrected chi connectivity index (χ0v) is 18.8. The van der Waals surface area contributed by atoms with E-state index < -0.39 is 5.91 Å². The molecule has 0 radical (unpaired) electrons. The van der Waals surface area contributed by atoms with E-state index in [-0.39, 0.29) is 5.56 Å². The van der Waals surface area contributed by atoms with Gasteiger partial charge in [-0.2, -0.15) is 5.10 Å². The highest BCUT2D eigenvalue weighted by Crippen LogP contribution is 2.17. The van der Waals surface area contributed by atoms with Crippen molar-refractivity contribution in [1.82, 2.24) is 15.2 Å². The standard InChI is InChI=1S/C25H21ClN4O3/c1-16-22(25(32)30(29-16)20-6-4-3-5-7-20)23(17-10-14-21(33-2)15-11-17)27-28-24(31)18-8-12-19(26)13-9-18/h3-15,29H,1-2H3,(H,28,31)/b27-23+. The summed E-state index contributed by atoms with van der Waals surface area (Å²) in [6.45, 7) is 1.79. The maximum absolute atomic E-state index is 13.4. The number of benzene rings is 3. The number of hydrazone groups is 1. The van der Waals surface area contributed by atoms with Crippen LogP contribution >= 0.6 is 11.6 Å². The summed E-state index contributed by atoms with van der Waals surface area (Å²) in [7, 11) is 1.57. The summed E-state index contributed by atoms with van der Waals surface area (Å²) in [6.07, 6.45) is 0. The highest BCUT2D eigenvalue weighted by molar-refractivity contribution is 6.30. The van der Waals surface area contributed by atoms with Gasteiger partial charge in [-0.15, -0.1) is 0 Å². The van der Waals surface area contributed by atoms with Gasteiger partial charge in [0.1, 0.15) is 11.5 Å². The van der Waals surface area contributed by atoms with Crippen LogP contribution in [0.25, 0.3) is 5.69 Å². The van der Waals surface area contributed by atoms with Gasteiger partial charge >= 0.3 is 0 Å². The van der Waals surface area contributed by atoms with Crippen molar-refractivity contribution in [3.05, 3.63) is 117 Å². The summed E-state index contributed by atoms with van der Waals surface area (Å²) < 4.78 is 6.69. The molecule has 4 aromatic rings. The summed E-state index contributed by atoms with van der Waals surface area (Å²) in [4.78, 5) is 26.0. The highest BCUT2D eigenvalue weighted by Gasteiger charge is 2.20. The van der Waals surface area contributed by atoms with Crippen molar-refractivity contribution in [3.63, 3.8) is 0 Å². The van der Waals surface area contributed by atoms with Gasteiger partial charge < -0.3 is 4.74 Å². The molecular formula is C25H21ClN4O3. The van der Waals surface area contributed by atoms with Gasteiger partial charge in [-0.1, -0.05) is 29.8 Å². The molecule has 0 aliphatic carbocycles. The number of halogens is 1. The number of nitrogens with zero attached hydrogens (tertiary/aromatic N) is 2. The van der Waals surface area contributed by atoms with Crippen LogP contribution in [-0.2, 0) is 0 Å². The molecule has 2 N–H and O–H groups in total. The molecular weight excluding hydrogens is 440 g/mol. The van der Waals surface area contributed by atoms with E-state index in [2.05, 4.69) is 15.6 Å². The first-order valence-electron chi connectivity index (χ1n) is 10.1. The highest BCUT2D eigenvalue weighted by atomic mass is 35.5. The van der Waals surface area contributed by atoms with Gasteiger partial charge in [0.15, 0.2) is 0 Å². The van der Waals surface area contributed by atoms with Crippen LogP contribution in [0.1, 0.15) is 27.2 Å². The Labute approximate surface area is 195 Å². The zero-order valence-electron chi connectivity index (χ0n) is 18.0. The van der Waals surface area contributed by atoms with E-state index in [0.29, 0.717) is 44.6 Å². The SMILES string of the molecule is COc1ccc(/C(=N\NC(=O)c2ccc(Cl)cc2)c2c(C)[nH]n(-c3ccccc3)c2=O)cc1. The second-order valence-electron chi connectivity index (χ2n) is 7.22. The summed E-state index contributed by atoms with van der Waals surface area (Å²) in [5.74, 6) is 0.241. The number of amides is 1. The lowest BCUT2D eigenvalue weighted by molar-refractivity contribution is 0.0955. The van der Waals surface area contributed by atoms with Crippen LogP contribution < -0.4 is 15.7 Å². The molecule has 1 aromatic heterocycles. The molecule has 0 fully saturated rings. The number of H-pyrrole nitrogens is 1. The number of carbonyl (C=O) groups excluding carboxylic acids is 1. The first-order chi connectivity index (χ1) is 16.0. The molecule has 0 unspecified atom stereocenters. The molecule has 1 heterocycles. The van der Waals surface area contributed by atoms with E-state index in [4.69, 9.17) is 16.3 Å². The fraction of sp³-hybridized carbons (Fsp3) is 0.0800. The van der Waals surface area contributed by atoms with Gasteiger partial charge in [-0.05, 0) is 67.6 Å². The number of aromatic nitrogens is 2. The Morgan fingerprint density at radius 3 is 2.24 bits per heavy atom. The monoisotopic (exact) mass is 460 g/mol. The van der Waals surface area contributed by atoms with Gasteiger partial charge in [0.05, 0.1) is 18.4 Å². The molecule has 0 saturated carbocycles. The summed E-state index contributed by atoms with van der Waals surface area (Å²) >= 11 is 5.91. The number of aromatic amines is 1. The zero-order chi connectivity index (χ0) is 23.4. The third-order valence-corrected chi connectivity index (χ3v) is 5.31. The van der Waals surface area contributed by atoms with Crippen LogP contribution in [0, 0.1) is 6.92 Å². The first-order valence-corrected chi connectivity index (χ1v) is 10.5. The van der Waals surface area contributed by atoms with Gasteiger partial charge in [0.2, 0.25) is 0 Å². The van der Waals surface area contributed by atoms with Gasteiger partial charge in [0.25, 0.3) is 11.5 Å². The molecule has 0 atom stereocenters. The topological polar surface area (TPSA) is 88.5 Å². The lowest BCUT2D eigenvalue weighted by atomic mass is 10.0. The van der Waals surface area contributed by atoms with E-state index >= 15 is 0 Å². The minimum Gasteiger partial charge on any atom is -0.497 e. The summed E-state index contributed by atoms with van der Waals surface area (Å²) in [6, 6.07) is 22.8. The van der Waals surface area contributed by atoms with Gasteiger partial charge in [-0.25, -0.2) is 10.1 Å². The Bertz CT molecular complexity index is 1360. The average Bonchev–Trinajstić information content (AvgIpc) is 3.14. The molecule has 33 heavy (non-hydrogen) atoms. The molecule has 0 spiro atoms. The summed E-state index contributed by atoms with van der Waals surface area (Å²) in [5.41, 5.74) is 5.29. The first kappa shape index (κ1) is 22.1. The van der Waals surface area contributed by atoms with E-state index in [9.17, 15) is 9.59 Å². The minimum absolute atomic E-state index is 0.283. The molecule has 0 aliphatic heterocycles. The minimum atomic E-state index is -0.422. The predicted octanol–water partition coefficient (Wildman–Crippen LogP) is 4.32. The van der Waals surface area contributed by atoms with E-state index in [1.165, 1.54) is 4.68 Å². The molecule has 1 amide bonds. The van der Waals surface area contributed by atoms with Crippen LogP contribution in [0.3, 0.4) is 0 Å². The fourth-order valence-electron chi connectivity index (χ4n) is 3.37. The smallest absolute Gasteiger partial charge is 0.281 e. The van der Waals surface area contributed by atoms with Crippen LogP contribution in [0.2, 0.25) is 5.02 Å². The van der Waals surface area contributed by atoms with Crippen LogP contribution in [0.15, 0.2) is 88.8 Å². The largest absolute Gasteiger partial charge is 0.497 e. The lowest BCUT2D eigenvalue weighted by Crippen LogP contribution is -2.25. The van der Waals surface area contributed by atoms with Crippen molar-refractivity contribution in [1.29, 1.82) is 0 Å². The number of carbonyl (C=O) groups is 1. The lowest BCUT2D eigenvalue weighted by Gasteiger charge is -2.08. The number of nitrogens with one attached hydrogen (secondary N) is 2. The van der Waals surface area contributed by atoms with Crippen LogP contribution in [0.4, 0.5) is 0 Å². The fourth-order valence-corrected chi connectivity index (χ4v) is 3.50. The number of ether oxygens (including phenoxy) is 1. The Hall–Kier alpha value is -4.10. The van der Waals surface area contributed by atoms with Crippen molar-refractivity contribution in [2.45, 2.75) is 6.92 Å². The molecule has 0 saturated heterocycles. The number of methoxy groups -OCH3 is 1. The Kier molecular flexibility index (Phi) is 6.42. The van der Waals surface area contributed by atoms with E-state index in [0.717, 1.165) is 0 Å². The Morgan fingerprint density at radius 1 is 0.970 bits per heavy atom. The molecule has 166 valence electrons. The average molecular weight is 461 g/mol. The number of para-hydroxylation sites is 1. The van der Waals surface area contributed by atoms with Crippen molar-refractivity contribution < 1.29 is 9.53 Å². The normalized spacial score (nSPS) is 11.3. The second-order valence-corrected chi connectivity index (χ2v) is 7.66. The van der Waals surface area contributed by atoms with Crippen LogP contribution in [-0.4, -0.2) is 28.5 Å². The number of hydrogen-bond donors (Lipinski definition) is 2. The van der Waals surface area contributed by atoms with Crippen molar-refractivity contribution in [2.75, 3.05) is 7.11 Å². The molecule has 8 heteroatoms. The molecule has 4 rings (SSSR count). The molecule has 0 bridgehead atoms. The molecule has 3 aromatic carbocycles. The summed E-state index contributed by atoms with van der Waals surface area (Å²) in [5, 5.41) is 7.98. The maximum Gasteiger partial charge on any atom is 0.281 e. The quantitative estimate of drug-likeness (QED) is 0.332. The van der Waals surface area contributed by atoms with Gasteiger partial charge in [-0.3, -0.25) is 14.7 Å². The van der Waals surface area contributed by atoms with Crippen molar-refractivity contribution >= 4 is 23.2 Å². The van der Waals surface area contributed by atoms with Crippen molar-refractivity contribution in [3.8, 4) is 11.4 Å². The van der Waals surface area contributed by atoms with Gasteiger partial charge in [0, 0.05) is 21.8 Å². The maximum atomic E-state index is 13.4. The molecule has 0 aliphatic rings. The number of aryl methyl sites for hydroxylation is 1. The Balaban J connectivity index is 1.79. The van der Waals surface area contributed by atoms with E-state index in [1.54, 1.807) is 62.6 Å². The van der Waals surface area contributed by atoms with E-state index in [1.807, 2.05) is 30.3 Å². The third-order valence-electron chi connectivity index (χ3n) is 5.06. The third kappa shape index (κ3) is 4.73. The number of rotatable bonds is 6. The van der Waals surface area contributed by atoms with Crippen LogP contribution in [0.5, 0.6) is 5.75 Å². The Morgan fingerprint density at radius 2 is 1.61 bits per heavy atom.